The summed E-state index contributed by atoms with van der Waals surface area (Å²) in [5, 5.41) is 10.7. The highest BCUT2D eigenvalue weighted by Crippen LogP contribution is 2.24. The van der Waals surface area contributed by atoms with E-state index in [4.69, 9.17) is 9.47 Å². The Balaban J connectivity index is 1.77. The molecule has 0 aromatic heterocycles. The maximum atomic E-state index is 13.0. The third kappa shape index (κ3) is 7.36. The van der Waals surface area contributed by atoms with Gasteiger partial charge in [-0.15, -0.1) is 0 Å². The van der Waals surface area contributed by atoms with Crippen molar-refractivity contribution in [2.75, 3.05) is 19.4 Å². The van der Waals surface area contributed by atoms with E-state index in [2.05, 4.69) is 18.8 Å². The zero-order valence-corrected chi connectivity index (χ0v) is 20.5. The maximum Gasteiger partial charge on any atom is 0.282 e. The van der Waals surface area contributed by atoms with Crippen LogP contribution in [0, 0.1) is 11.8 Å². The van der Waals surface area contributed by atoms with Crippen LogP contribution in [0.4, 0.5) is 4.79 Å². The van der Waals surface area contributed by atoms with Gasteiger partial charge in [-0.1, -0.05) is 73.8 Å². The second-order valence-corrected chi connectivity index (χ2v) is 9.14. The normalized spacial score (nSPS) is 14.9. The van der Waals surface area contributed by atoms with Crippen LogP contribution in [0.3, 0.4) is 0 Å². The Morgan fingerprint density at radius 2 is 2.00 bits per heavy atom. The van der Waals surface area contributed by atoms with Crippen molar-refractivity contribution in [3.05, 3.63) is 65.2 Å². The Morgan fingerprint density at radius 1 is 1.21 bits per heavy atom. The van der Waals surface area contributed by atoms with Crippen molar-refractivity contribution >= 4 is 22.8 Å². The van der Waals surface area contributed by atoms with Gasteiger partial charge in [0, 0.05) is 18.8 Å². The molecule has 2 aromatic rings. The van der Waals surface area contributed by atoms with Crippen molar-refractivity contribution < 1.29 is 24.2 Å². The van der Waals surface area contributed by atoms with E-state index in [0.29, 0.717) is 30.8 Å². The van der Waals surface area contributed by atoms with Crippen LogP contribution in [0.5, 0.6) is 5.75 Å². The summed E-state index contributed by atoms with van der Waals surface area (Å²) in [6.07, 6.45) is 0.738. The summed E-state index contributed by atoms with van der Waals surface area (Å²) in [4.78, 5) is 26.7. The highest BCUT2D eigenvalue weighted by molar-refractivity contribution is 8.13. The van der Waals surface area contributed by atoms with Crippen molar-refractivity contribution in [2.24, 2.45) is 0 Å². The molecular weight excluding hydrogens is 450 g/mol. The van der Waals surface area contributed by atoms with Gasteiger partial charge < -0.3 is 19.5 Å². The lowest BCUT2D eigenvalue weighted by molar-refractivity contribution is -0.0170. The molecule has 7 heteroatoms. The third-order valence-electron chi connectivity index (χ3n) is 5.53. The number of methoxy groups -OCH3 is 1. The third-order valence-corrected chi connectivity index (χ3v) is 6.42. The van der Waals surface area contributed by atoms with Gasteiger partial charge in [0.05, 0.1) is 25.4 Å². The van der Waals surface area contributed by atoms with Gasteiger partial charge >= 0.3 is 0 Å². The molecule has 1 fully saturated rings. The lowest BCUT2D eigenvalue weighted by Crippen LogP contribution is -2.28. The Kier molecular flexibility index (Phi) is 10.0. The minimum absolute atomic E-state index is 0.0444. The number of hydrogen-bond donors (Lipinski definition) is 1. The molecule has 1 heterocycles. The van der Waals surface area contributed by atoms with E-state index in [0.717, 1.165) is 29.7 Å². The van der Waals surface area contributed by atoms with E-state index < -0.39 is 18.0 Å². The molecule has 2 atom stereocenters. The molecule has 1 N–H and O–H groups in total. The zero-order chi connectivity index (χ0) is 24.3. The minimum atomic E-state index is -0.795. The number of nitrogens with zero attached hydrogens (tertiary/aromatic N) is 1. The molecular formula is C27H31NO5S. The number of aliphatic hydroxyl groups excluding tert-OH is 1. The fourth-order valence-corrected chi connectivity index (χ4v) is 4.42. The van der Waals surface area contributed by atoms with Crippen molar-refractivity contribution in [1.29, 1.82) is 0 Å². The molecule has 0 radical (unpaired) electrons. The highest BCUT2D eigenvalue weighted by atomic mass is 32.2. The topological polar surface area (TPSA) is 76.1 Å². The Hall–Kier alpha value is -2.79. The number of Topliss-reactive ketones (excluding diaryl/α,β-unsaturated/α-hetero) is 1. The average Bonchev–Trinajstić information content (AvgIpc) is 3.27. The molecule has 0 spiro atoms. The molecule has 1 aliphatic rings. The molecule has 0 saturated carbocycles. The predicted molar refractivity (Wildman–Crippen MR) is 134 cm³/mol. The van der Waals surface area contributed by atoms with E-state index in [1.165, 1.54) is 18.9 Å². The number of unbranched alkanes of at least 4 members (excludes halogenated alkanes) is 1. The lowest BCUT2D eigenvalue weighted by Gasteiger charge is -2.18. The van der Waals surface area contributed by atoms with Gasteiger partial charge in [-0.25, -0.2) is 0 Å². The second kappa shape index (κ2) is 13.2. The first-order chi connectivity index (χ1) is 16.5. The summed E-state index contributed by atoms with van der Waals surface area (Å²) in [5.41, 5.74) is 2.13. The largest absolute Gasteiger partial charge is 0.496 e. The number of hydrogen-bond acceptors (Lipinski definition) is 6. The summed E-state index contributed by atoms with van der Waals surface area (Å²) in [5.74, 6) is 6.28. The first kappa shape index (κ1) is 25.8. The summed E-state index contributed by atoms with van der Waals surface area (Å²) in [6.45, 7) is 3.46. The quantitative estimate of drug-likeness (QED) is 0.285. The van der Waals surface area contributed by atoms with Crippen LogP contribution in [0.2, 0.25) is 0 Å². The van der Waals surface area contributed by atoms with Crippen LogP contribution in [-0.4, -0.2) is 52.6 Å². The zero-order valence-electron chi connectivity index (χ0n) is 19.7. The Labute approximate surface area is 205 Å². The van der Waals surface area contributed by atoms with Crippen LogP contribution in [0.25, 0.3) is 0 Å². The fraction of sp³-hybridized carbons (Fsp3) is 0.407. The number of aliphatic hydroxyl groups is 1. The number of benzene rings is 2. The fourth-order valence-electron chi connectivity index (χ4n) is 3.60. The number of carbonyl (C=O) groups is 2. The van der Waals surface area contributed by atoms with Crippen molar-refractivity contribution in [1.82, 2.24) is 4.90 Å². The van der Waals surface area contributed by atoms with Crippen molar-refractivity contribution in [2.45, 2.75) is 51.5 Å². The van der Waals surface area contributed by atoms with Crippen LogP contribution in [-0.2, 0) is 17.9 Å². The van der Waals surface area contributed by atoms with Gasteiger partial charge in [0.1, 0.15) is 11.9 Å². The molecule has 1 amide bonds. The van der Waals surface area contributed by atoms with E-state index in [-0.39, 0.29) is 11.8 Å². The number of rotatable bonds is 11. The standard InChI is InChI=1S/C27H31NO5S/c1-3-4-10-24(30)26(33-19-20-8-6-5-7-9-20)14-12-23(29)22-17-21(11-13-25(22)32-2)18-28-15-16-34-27(28)31/h5-9,11,13,17,24,26,30H,3-4,10,15-16,18-19H2,1-2H3/t24-,26-/m1/s1. The summed E-state index contributed by atoms with van der Waals surface area (Å²) in [6, 6.07) is 14.9. The second-order valence-electron chi connectivity index (χ2n) is 8.10. The maximum absolute atomic E-state index is 13.0. The van der Waals surface area contributed by atoms with E-state index in [9.17, 15) is 14.7 Å². The van der Waals surface area contributed by atoms with Crippen LogP contribution < -0.4 is 4.74 Å². The molecule has 180 valence electrons. The van der Waals surface area contributed by atoms with E-state index in [1.807, 2.05) is 36.4 Å². The van der Waals surface area contributed by atoms with Gasteiger partial charge in [0.2, 0.25) is 5.78 Å². The first-order valence-corrected chi connectivity index (χ1v) is 12.5. The van der Waals surface area contributed by atoms with E-state index >= 15 is 0 Å². The Morgan fingerprint density at radius 3 is 2.68 bits per heavy atom. The number of amides is 1. The van der Waals surface area contributed by atoms with Gasteiger partial charge in [-0.05, 0) is 35.6 Å². The van der Waals surface area contributed by atoms with Gasteiger partial charge in [0.15, 0.2) is 0 Å². The van der Waals surface area contributed by atoms with Gasteiger partial charge in [-0.2, -0.15) is 0 Å². The molecule has 0 aliphatic carbocycles. The van der Waals surface area contributed by atoms with Crippen molar-refractivity contribution in [3.8, 4) is 17.6 Å². The molecule has 0 unspecified atom stereocenters. The first-order valence-electron chi connectivity index (χ1n) is 11.5. The minimum Gasteiger partial charge on any atom is -0.496 e. The number of thioether (sulfide) groups is 1. The lowest BCUT2D eigenvalue weighted by atomic mass is 10.0. The predicted octanol–water partition coefficient (Wildman–Crippen LogP) is 4.69. The monoisotopic (exact) mass is 481 g/mol. The van der Waals surface area contributed by atoms with Gasteiger partial charge in [-0.3, -0.25) is 9.59 Å². The number of carbonyl (C=O) groups excluding carboxylic acids is 2. The smallest absolute Gasteiger partial charge is 0.282 e. The number of ether oxygens (including phenoxy) is 2. The molecule has 2 aromatic carbocycles. The molecule has 1 aliphatic heterocycles. The summed E-state index contributed by atoms with van der Waals surface area (Å²) in [7, 11) is 1.50. The average molecular weight is 482 g/mol. The summed E-state index contributed by atoms with van der Waals surface area (Å²) >= 11 is 1.30. The van der Waals surface area contributed by atoms with Crippen LogP contribution >= 0.6 is 11.8 Å². The molecule has 0 bridgehead atoms. The summed E-state index contributed by atoms with van der Waals surface area (Å²) < 4.78 is 11.3. The van der Waals surface area contributed by atoms with Crippen molar-refractivity contribution in [3.63, 3.8) is 0 Å². The molecule has 6 nitrogen and oxygen atoms in total. The van der Waals surface area contributed by atoms with Crippen LogP contribution in [0.15, 0.2) is 48.5 Å². The molecule has 3 rings (SSSR count). The number of ketones is 1. The van der Waals surface area contributed by atoms with Crippen LogP contribution in [0.1, 0.15) is 47.7 Å². The SMILES string of the molecule is CCCC[C@@H](O)[C@@H](C#CC(=O)c1cc(CN2CCSC2=O)ccc1OC)OCc1ccccc1. The molecule has 1 saturated heterocycles. The van der Waals surface area contributed by atoms with Gasteiger partial charge in [0.25, 0.3) is 5.24 Å². The van der Waals surface area contributed by atoms with E-state index in [1.54, 1.807) is 17.0 Å². The Bertz CT molecular complexity index is 1030. The highest BCUT2D eigenvalue weighted by Gasteiger charge is 2.22. The molecule has 34 heavy (non-hydrogen) atoms.